The summed E-state index contributed by atoms with van der Waals surface area (Å²) in [7, 11) is 0. The molecule has 0 aromatic heterocycles. The number of amidine groups is 1. The highest BCUT2D eigenvalue weighted by Gasteiger charge is 2.05. The van der Waals surface area contributed by atoms with Crippen LogP contribution >= 0.6 is 0 Å². The van der Waals surface area contributed by atoms with Gasteiger partial charge in [0.1, 0.15) is 0 Å². The summed E-state index contributed by atoms with van der Waals surface area (Å²) in [5.74, 6) is 1.18. The van der Waals surface area contributed by atoms with Gasteiger partial charge in [-0.2, -0.15) is 0 Å². The van der Waals surface area contributed by atoms with Crippen LogP contribution in [0.1, 0.15) is 39.5 Å². The number of nitrogens with zero attached hydrogens (tertiary/aromatic N) is 1. The highest BCUT2D eigenvalue weighted by Crippen LogP contribution is 2.05. The van der Waals surface area contributed by atoms with Crippen LogP contribution in [0.5, 0.6) is 0 Å². The van der Waals surface area contributed by atoms with Gasteiger partial charge in [0, 0.05) is 26.1 Å². The molecule has 0 aromatic carbocycles. The van der Waals surface area contributed by atoms with Crippen LogP contribution in [-0.2, 0) is 4.74 Å². The summed E-state index contributed by atoms with van der Waals surface area (Å²) >= 11 is 0. The van der Waals surface area contributed by atoms with Crippen molar-refractivity contribution >= 4 is 5.84 Å². The van der Waals surface area contributed by atoms with Crippen LogP contribution in [-0.4, -0.2) is 31.6 Å². The quantitative estimate of drug-likeness (QED) is 0.749. The average Bonchev–Trinajstić information content (AvgIpc) is 2.43. The molecule has 1 aliphatic heterocycles. The third kappa shape index (κ3) is 4.61. The molecule has 0 saturated carbocycles. The smallest absolute Gasteiger partial charge is 0.0963 e. The first-order valence-corrected chi connectivity index (χ1v) is 5.71. The summed E-state index contributed by atoms with van der Waals surface area (Å²) in [5, 5.41) is 3.37. The predicted octanol–water partition coefficient (Wildman–Crippen LogP) is 1.97. The fourth-order valence-corrected chi connectivity index (χ4v) is 1.62. The van der Waals surface area contributed by atoms with E-state index in [4.69, 9.17) is 4.74 Å². The summed E-state index contributed by atoms with van der Waals surface area (Å²) < 4.78 is 5.45. The van der Waals surface area contributed by atoms with Gasteiger partial charge >= 0.3 is 0 Å². The highest BCUT2D eigenvalue weighted by molar-refractivity contribution is 5.82. The van der Waals surface area contributed by atoms with Crippen molar-refractivity contribution in [1.29, 1.82) is 0 Å². The Morgan fingerprint density at radius 2 is 2.29 bits per heavy atom. The molecule has 0 radical (unpaired) electrons. The molecule has 1 unspecified atom stereocenters. The molecule has 1 rings (SSSR count). The molecule has 0 aliphatic carbocycles. The number of ether oxygens (including phenoxy) is 1. The first-order chi connectivity index (χ1) is 6.83. The molecule has 1 N–H and O–H groups in total. The van der Waals surface area contributed by atoms with Crippen LogP contribution in [0, 0.1) is 0 Å². The van der Waals surface area contributed by atoms with Gasteiger partial charge in [-0.25, -0.2) is 0 Å². The molecular formula is C11H22N2O. The lowest BCUT2D eigenvalue weighted by Gasteiger charge is -2.14. The Balaban J connectivity index is 2.18. The molecule has 0 amide bonds. The molecule has 0 bridgehead atoms. The molecule has 0 spiro atoms. The summed E-state index contributed by atoms with van der Waals surface area (Å²) in [4.78, 5) is 4.51. The zero-order chi connectivity index (χ0) is 10.2. The lowest BCUT2D eigenvalue weighted by molar-refractivity contribution is 0.0793. The molecule has 1 heterocycles. The minimum atomic E-state index is 0.283. The predicted molar refractivity (Wildman–Crippen MR) is 59.9 cm³/mol. The number of nitrogens with one attached hydrogen (secondary N) is 1. The average molecular weight is 198 g/mol. The van der Waals surface area contributed by atoms with Crippen LogP contribution in [0.4, 0.5) is 0 Å². The summed E-state index contributed by atoms with van der Waals surface area (Å²) in [6.45, 7) is 6.78. The molecule has 3 nitrogen and oxygen atoms in total. The lowest BCUT2D eigenvalue weighted by Crippen LogP contribution is -2.32. The van der Waals surface area contributed by atoms with E-state index in [2.05, 4.69) is 17.2 Å². The van der Waals surface area contributed by atoms with Crippen molar-refractivity contribution in [2.75, 3.05) is 19.7 Å². The first-order valence-electron chi connectivity index (χ1n) is 5.71. The molecule has 14 heavy (non-hydrogen) atoms. The van der Waals surface area contributed by atoms with Gasteiger partial charge in [-0.1, -0.05) is 6.42 Å². The summed E-state index contributed by atoms with van der Waals surface area (Å²) in [6, 6.07) is 0. The Bertz CT molecular complexity index is 180. The Kier molecular flexibility index (Phi) is 5.60. The van der Waals surface area contributed by atoms with Crippen molar-refractivity contribution in [2.45, 2.75) is 45.6 Å². The summed E-state index contributed by atoms with van der Waals surface area (Å²) in [6.07, 6.45) is 5.22. The van der Waals surface area contributed by atoms with Gasteiger partial charge in [0.15, 0.2) is 0 Å². The maximum Gasteiger partial charge on any atom is 0.0963 e. The molecular weight excluding hydrogens is 176 g/mol. The standard InChI is InChI=1S/C11H22N2O/c1-3-14-10(2)9-13-11-7-5-4-6-8-12-11/h10H,3-9H2,1-2H3,(H,12,13). The van der Waals surface area contributed by atoms with Gasteiger partial charge in [-0.05, 0) is 26.7 Å². The van der Waals surface area contributed by atoms with Crippen molar-refractivity contribution in [3.8, 4) is 0 Å². The SMILES string of the molecule is CCOC(C)CNC1=NCCCCC1. The molecule has 0 aromatic rings. The second-order valence-electron chi connectivity index (χ2n) is 3.79. The number of hydrogen-bond donors (Lipinski definition) is 1. The largest absolute Gasteiger partial charge is 0.377 e. The van der Waals surface area contributed by atoms with E-state index < -0.39 is 0 Å². The van der Waals surface area contributed by atoms with E-state index in [0.717, 1.165) is 26.1 Å². The Hall–Kier alpha value is -0.570. The fraction of sp³-hybridized carbons (Fsp3) is 0.909. The van der Waals surface area contributed by atoms with Crippen molar-refractivity contribution < 1.29 is 4.74 Å². The zero-order valence-electron chi connectivity index (χ0n) is 9.38. The van der Waals surface area contributed by atoms with Gasteiger partial charge in [0.25, 0.3) is 0 Å². The van der Waals surface area contributed by atoms with Gasteiger partial charge in [0.05, 0.1) is 11.9 Å². The third-order valence-corrected chi connectivity index (χ3v) is 2.42. The molecule has 0 saturated heterocycles. The van der Waals surface area contributed by atoms with Crippen LogP contribution < -0.4 is 5.32 Å². The Labute approximate surface area is 86.9 Å². The van der Waals surface area contributed by atoms with E-state index in [0.29, 0.717) is 0 Å². The Morgan fingerprint density at radius 1 is 1.43 bits per heavy atom. The van der Waals surface area contributed by atoms with E-state index >= 15 is 0 Å². The van der Waals surface area contributed by atoms with Gasteiger partial charge < -0.3 is 10.1 Å². The van der Waals surface area contributed by atoms with Crippen LogP contribution in [0.2, 0.25) is 0 Å². The second kappa shape index (κ2) is 6.82. The third-order valence-electron chi connectivity index (χ3n) is 2.42. The normalized spacial score (nSPS) is 19.7. The van der Waals surface area contributed by atoms with E-state index in [-0.39, 0.29) is 6.10 Å². The first kappa shape index (κ1) is 11.5. The van der Waals surface area contributed by atoms with Crippen molar-refractivity contribution in [1.82, 2.24) is 5.32 Å². The van der Waals surface area contributed by atoms with E-state index in [1.807, 2.05) is 6.92 Å². The molecule has 82 valence electrons. The number of hydrogen-bond acceptors (Lipinski definition) is 3. The van der Waals surface area contributed by atoms with E-state index in [1.165, 1.54) is 25.1 Å². The highest BCUT2D eigenvalue weighted by atomic mass is 16.5. The maximum absolute atomic E-state index is 5.45. The second-order valence-corrected chi connectivity index (χ2v) is 3.79. The van der Waals surface area contributed by atoms with Crippen molar-refractivity contribution in [3.63, 3.8) is 0 Å². The van der Waals surface area contributed by atoms with E-state index in [1.54, 1.807) is 0 Å². The van der Waals surface area contributed by atoms with Crippen molar-refractivity contribution in [2.24, 2.45) is 4.99 Å². The molecule has 1 aliphatic rings. The summed E-state index contributed by atoms with van der Waals surface area (Å²) in [5.41, 5.74) is 0. The van der Waals surface area contributed by atoms with E-state index in [9.17, 15) is 0 Å². The topological polar surface area (TPSA) is 33.6 Å². The molecule has 1 atom stereocenters. The van der Waals surface area contributed by atoms with Crippen LogP contribution in [0.25, 0.3) is 0 Å². The monoisotopic (exact) mass is 198 g/mol. The number of aliphatic imine (C=N–C) groups is 1. The van der Waals surface area contributed by atoms with Crippen molar-refractivity contribution in [3.05, 3.63) is 0 Å². The maximum atomic E-state index is 5.45. The molecule has 0 fully saturated rings. The fourth-order valence-electron chi connectivity index (χ4n) is 1.62. The number of rotatable bonds is 4. The Morgan fingerprint density at radius 3 is 3.07 bits per heavy atom. The zero-order valence-corrected chi connectivity index (χ0v) is 9.38. The van der Waals surface area contributed by atoms with Gasteiger partial charge in [0.2, 0.25) is 0 Å². The minimum absolute atomic E-state index is 0.283. The van der Waals surface area contributed by atoms with Gasteiger partial charge in [-0.15, -0.1) is 0 Å². The lowest BCUT2D eigenvalue weighted by atomic mass is 10.2. The minimum Gasteiger partial charge on any atom is -0.377 e. The molecule has 3 heteroatoms. The van der Waals surface area contributed by atoms with Crippen LogP contribution in [0.3, 0.4) is 0 Å². The van der Waals surface area contributed by atoms with Crippen LogP contribution in [0.15, 0.2) is 4.99 Å². The van der Waals surface area contributed by atoms with Gasteiger partial charge in [-0.3, -0.25) is 4.99 Å².